The van der Waals surface area contributed by atoms with Crippen molar-refractivity contribution in [3.63, 3.8) is 0 Å². The summed E-state index contributed by atoms with van der Waals surface area (Å²) in [6.45, 7) is 19.0. The molecule has 1 aromatic rings. The van der Waals surface area contributed by atoms with Gasteiger partial charge in [-0.25, -0.2) is 5.57 Å². The van der Waals surface area contributed by atoms with Crippen molar-refractivity contribution in [3.8, 4) is 0 Å². The molecule has 0 nitrogen and oxygen atoms in total. The van der Waals surface area contributed by atoms with E-state index in [9.17, 15) is 0 Å². The van der Waals surface area contributed by atoms with Gasteiger partial charge < -0.3 is 37.2 Å². The maximum Gasteiger partial charge on any atom is 4.00 e. The Kier molecular flexibility index (Phi) is 17.1. The number of halogens is 3. The van der Waals surface area contributed by atoms with Gasteiger partial charge in [-0.3, -0.25) is 6.08 Å². The zero-order valence-corrected chi connectivity index (χ0v) is 24.3. The molecule has 1 aliphatic rings. The molecule has 1 atom stereocenters. The molecular formula is C24H37Cl3SiTi. The van der Waals surface area contributed by atoms with Gasteiger partial charge in [0.1, 0.15) is 0 Å². The molecule has 0 aromatic heterocycles. The molecule has 0 heterocycles. The molecule has 1 aliphatic carbocycles. The first-order valence-electron chi connectivity index (χ1n) is 10.2. The Morgan fingerprint density at radius 2 is 1.31 bits per heavy atom. The SMILES string of the molecule is CCCC[Si](C)(C1=CC[C-]=C1CCC)c1c(C)c(C)c(C)c(C)c1C.[Cl-].[Cl-].[Cl-].[Ti+4]. The van der Waals surface area contributed by atoms with E-state index in [0.29, 0.717) is 0 Å². The molecule has 0 saturated heterocycles. The zero-order chi connectivity index (χ0) is 18.8. The van der Waals surface area contributed by atoms with Crippen LogP contribution in [0.3, 0.4) is 0 Å². The first-order chi connectivity index (χ1) is 11.8. The summed E-state index contributed by atoms with van der Waals surface area (Å²) in [5, 5.41) is 3.43. The van der Waals surface area contributed by atoms with Crippen LogP contribution >= 0.6 is 0 Å². The average molecular weight is 508 g/mol. The van der Waals surface area contributed by atoms with E-state index < -0.39 is 8.07 Å². The maximum absolute atomic E-state index is 3.70. The van der Waals surface area contributed by atoms with Crippen molar-refractivity contribution in [2.24, 2.45) is 0 Å². The van der Waals surface area contributed by atoms with Crippen molar-refractivity contribution >= 4 is 13.3 Å². The molecule has 1 aromatic carbocycles. The molecule has 0 spiro atoms. The van der Waals surface area contributed by atoms with Crippen LogP contribution in [0.25, 0.3) is 0 Å². The summed E-state index contributed by atoms with van der Waals surface area (Å²) in [7, 11) is -1.73. The van der Waals surface area contributed by atoms with E-state index >= 15 is 0 Å². The fourth-order valence-corrected chi connectivity index (χ4v) is 10.1. The summed E-state index contributed by atoms with van der Waals surface area (Å²) in [6.07, 6.45) is 12.3. The van der Waals surface area contributed by atoms with Gasteiger partial charge in [0.05, 0.1) is 0 Å². The first-order valence-corrected chi connectivity index (χ1v) is 12.9. The first kappa shape index (κ1) is 34.1. The molecule has 0 fully saturated rings. The van der Waals surface area contributed by atoms with E-state index in [1.165, 1.54) is 48.4 Å². The predicted octanol–water partition coefficient (Wildman–Crippen LogP) is -2.28. The number of hydrogen-bond donors (Lipinski definition) is 0. The monoisotopic (exact) mass is 506 g/mol. The number of unbranched alkanes of at least 4 members (excludes halogenated alkanes) is 1. The standard InChI is InChI=1S/C24H37Si.3ClH.Ti/c1-9-11-16-25(8,23-15-12-14-22(23)13-10-2)24-20(6)18(4)17(3)19(5)21(24)7;;;;/h15H,9-13,16H2,1-8H3;3*1H;/q-1;;;;+4/p-3. The van der Waals surface area contributed by atoms with Crippen LogP contribution in [0.15, 0.2) is 16.8 Å². The van der Waals surface area contributed by atoms with Gasteiger partial charge in [0.25, 0.3) is 0 Å². The number of rotatable bonds is 7. The predicted molar refractivity (Wildman–Crippen MR) is 115 cm³/mol. The van der Waals surface area contributed by atoms with E-state index in [0.717, 1.165) is 6.42 Å². The second-order valence-electron chi connectivity index (χ2n) is 8.16. The topological polar surface area (TPSA) is 0 Å². The largest absolute Gasteiger partial charge is 4.00 e. The van der Waals surface area contributed by atoms with Crippen LogP contribution < -0.4 is 42.4 Å². The third-order valence-corrected chi connectivity index (χ3v) is 11.5. The average Bonchev–Trinajstić information content (AvgIpc) is 3.06. The Balaban J connectivity index is -0.00000169. The van der Waals surface area contributed by atoms with Gasteiger partial charge in [0, 0.05) is 8.07 Å². The normalized spacial score (nSPS) is 14.3. The fourth-order valence-electron chi connectivity index (χ4n) is 4.78. The van der Waals surface area contributed by atoms with Crippen molar-refractivity contribution in [1.82, 2.24) is 0 Å². The quantitative estimate of drug-likeness (QED) is 0.288. The second-order valence-corrected chi connectivity index (χ2v) is 12.4. The van der Waals surface area contributed by atoms with Crippen LogP contribution in [0, 0.1) is 40.7 Å². The van der Waals surface area contributed by atoms with E-state index in [-0.39, 0.29) is 58.9 Å². The van der Waals surface area contributed by atoms with Gasteiger partial charge in [-0.15, -0.1) is 6.42 Å². The molecule has 0 saturated carbocycles. The molecule has 0 amide bonds. The second kappa shape index (κ2) is 14.5. The summed E-state index contributed by atoms with van der Waals surface area (Å²) in [5.41, 5.74) is 9.18. The fraction of sp³-hybridized carbons (Fsp3) is 0.583. The van der Waals surface area contributed by atoms with E-state index in [1.807, 2.05) is 0 Å². The number of allylic oxidation sites excluding steroid dienone is 4. The molecule has 0 N–H and O–H groups in total. The minimum atomic E-state index is -1.73. The summed E-state index contributed by atoms with van der Waals surface area (Å²) in [5.74, 6) is 0. The summed E-state index contributed by atoms with van der Waals surface area (Å²) in [4.78, 5) is 0. The van der Waals surface area contributed by atoms with Crippen LogP contribution in [-0.2, 0) is 21.7 Å². The van der Waals surface area contributed by atoms with Crippen LogP contribution in [0.2, 0.25) is 12.6 Å². The summed E-state index contributed by atoms with van der Waals surface area (Å²) < 4.78 is 0. The minimum Gasteiger partial charge on any atom is -1.00 e. The maximum atomic E-state index is 3.70. The van der Waals surface area contributed by atoms with Gasteiger partial charge >= 0.3 is 21.7 Å². The molecule has 29 heavy (non-hydrogen) atoms. The van der Waals surface area contributed by atoms with Gasteiger partial charge in [-0.05, 0) is 62.4 Å². The van der Waals surface area contributed by atoms with Crippen LogP contribution in [0.5, 0.6) is 0 Å². The molecule has 1 unspecified atom stereocenters. The molecule has 162 valence electrons. The van der Waals surface area contributed by atoms with E-state index in [1.54, 1.807) is 27.1 Å². The molecule has 0 bridgehead atoms. The molecule has 2 rings (SSSR count). The molecule has 0 radical (unpaired) electrons. The Morgan fingerprint density at radius 1 is 0.828 bits per heavy atom. The summed E-state index contributed by atoms with van der Waals surface area (Å²) in [6, 6.07) is 1.37. The minimum absolute atomic E-state index is 0. The Hall–Kier alpha value is 0.501. The van der Waals surface area contributed by atoms with Gasteiger partial charge in [-0.2, -0.15) is 11.3 Å². The smallest absolute Gasteiger partial charge is 1.00 e. The number of hydrogen-bond acceptors (Lipinski definition) is 0. The molecule has 5 heteroatoms. The third kappa shape index (κ3) is 6.74. The van der Waals surface area contributed by atoms with Gasteiger partial charge in [0.15, 0.2) is 0 Å². The Labute approximate surface area is 214 Å². The van der Waals surface area contributed by atoms with E-state index in [4.69, 9.17) is 0 Å². The van der Waals surface area contributed by atoms with Gasteiger partial charge in [0.2, 0.25) is 0 Å². The van der Waals surface area contributed by atoms with Crippen LogP contribution in [0.1, 0.15) is 73.8 Å². The van der Waals surface area contributed by atoms with Crippen molar-refractivity contribution in [2.75, 3.05) is 0 Å². The van der Waals surface area contributed by atoms with Crippen molar-refractivity contribution < 1.29 is 58.9 Å². The Bertz CT molecular complexity index is 696. The van der Waals surface area contributed by atoms with Crippen molar-refractivity contribution in [3.05, 3.63) is 50.7 Å². The van der Waals surface area contributed by atoms with Crippen LogP contribution in [0.4, 0.5) is 0 Å². The summed E-state index contributed by atoms with van der Waals surface area (Å²) >= 11 is 0. The van der Waals surface area contributed by atoms with Crippen molar-refractivity contribution in [1.29, 1.82) is 0 Å². The molecule has 0 aliphatic heterocycles. The van der Waals surface area contributed by atoms with Gasteiger partial charge in [-0.1, -0.05) is 57.3 Å². The third-order valence-electron chi connectivity index (χ3n) is 6.62. The number of benzene rings is 1. The zero-order valence-electron chi connectivity index (χ0n) is 19.5. The van der Waals surface area contributed by atoms with Crippen molar-refractivity contribution in [2.45, 2.75) is 93.2 Å². The Morgan fingerprint density at radius 3 is 1.76 bits per heavy atom. The van der Waals surface area contributed by atoms with E-state index in [2.05, 4.69) is 67.2 Å². The van der Waals surface area contributed by atoms with Crippen LogP contribution in [-0.4, -0.2) is 8.07 Å². The molecular weight excluding hydrogens is 471 g/mol.